The number of nitrogens with zero attached hydrogens (tertiary/aromatic N) is 1. The summed E-state index contributed by atoms with van der Waals surface area (Å²) < 4.78 is 28.7. The van der Waals surface area contributed by atoms with Gasteiger partial charge in [0.2, 0.25) is 10.0 Å². The van der Waals surface area contributed by atoms with Crippen LogP contribution in [0.15, 0.2) is 89.8 Å². The Morgan fingerprint density at radius 3 is 2.00 bits per heavy atom. The maximum Gasteiger partial charge on any atom is 0.243 e. The van der Waals surface area contributed by atoms with Gasteiger partial charge in [0.15, 0.2) is 0 Å². The highest BCUT2D eigenvalue weighted by atomic mass is 32.2. The van der Waals surface area contributed by atoms with Crippen LogP contribution in [0.5, 0.6) is 0 Å². The van der Waals surface area contributed by atoms with Crippen molar-refractivity contribution < 1.29 is 13.2 Å². The molecule has 3 rings (SSSR count). The number of hydrogen-bond acceptors (Lipinski definition) is 3. The fraction of sp³-hybridized carbons (Fsp3) is 0.240. The molecule has 30 heavy (non-hydrogen) atoms. The molecule has 0 aliphatic heterocycles. The zero-order valence-corrected chi connectivity index (χ0v) is 18.2. The van der Waals surface area contributed by atoms with Crippen LogP contribution in [-0.4, -0.2) is 25.6 Å². The number of aldehydes is 1. The highest BCUT2D eigenvalue weighted by Crippen LogP contribution is 2.31. The molecule has 1 atom stereocenters. The third-order valence-electron chi connectivity index (χ3n) is 5.39. The Morgan fingerprint density at radius 2 is 1.43 bits per heavy atom. The molecular weight excluding hydrogens is 394 g/mol. The van der Waals surface area contributed by atoms with E-state index in [0.717, 1.165) is 23.0 Å². The quantitative estimate of drug-likeness (QED) is 0.469. The van der Waals surface area contributed by atoms with Crippen molar-refractivity contribution in [3.63, 3.8) is 0 Å². The number of aryl methyl sites for hydroxylation is 1. The van der Waals surface area contributed by atoms with Gasteiger partial charge in [-0.1, -0.05) is 85.3 Å². The van der Waals surface area contributed by atoms with Gasteiger partial charge in [-0.3, -0.25) is 0 Å². The van der Waals surface area contributed by atoms with Crippen LogP contribution in [0.1, 0.15) is 30.0 Å². The first-order valence-corrected chi connectivity index (χ1v) is 11.4. The van der Waals surface area contributed by atoms with Crippen molar-refractivity contribution in [1.29, 1.82) is 0 Å². The fourth-order valence-electron chi connectivity index (χ4n) is 3.56. The Kier molecular flexibility index (Phi) is 6.85. The first-order valence-electron chi connectivity index (χ1n) is 9.95. The van der Waals surface area contributed by atoms with Crippen LogP contribution >= 0.6 is 0 Å². The minimum atomic E-state index is -3.76. The van der Waals surface area contributed by atoms with Gasteiger partial charge >= 0.3 is 0 Å². The predicted molar refractivity (Wildman–Crippen MR) is 120 cm³/mol. The van der Waals surface area contributed by atoms with Gasteiger partial charge < -0.3 is 4.79 Å². The van der Waals surface area contributed by atoms with E-state index >= 15 is 0 Å². The molecule has 156 valence electrons. The van der Waals surface area contributed by atoms with Gasteiger partial charge in [0, 0.05) is 24.9 Å². The van der Waals surface area contributed by atoms with Crippen LogP contribution in [-0.2, 0) is 26.8 Å². The molecule has 0 spiro atoms. The molecule has 0 aliphatic rings. The Balaban J connectivity index is 2.04. The van der Waals surface area contributed by atoms with E-state index in [0.29, 0.717) is 0 Å². The zero-order valence-electron chi connectivity index (χ0n) is 17.4. The monoisotopic (exact) mass is 421 g/mol. The molecule has 0 aromatic heterocycles. The second kappa shape index (κ2) is 9.37. The summed E-state index contributed by atoms with van der Waals surface area (Å²) in [5, 5.41) is 0. The topological polar surface area (TPSA) is 54.5 Å². The first kappa shape index (κ1) is 21.9. The number of sulfonamides is 1. The van der Waals surface area contributed by atoms with Crippen LogP contribution in [0.2, 0.25) is 0 Å². The second-order valence-corrected chi connectivity index (χ2v) is 9.81. The van der Waals surface area contributed by atoms with Gasteiger partial charge in [0.25, 0.3) is 0 Å². The minimum absolute atomic E-state index is 0.195. The van der Waals surface area contributed by atoms with E-state index in [1.807, 2.05) is 74.5 Å². The summed E-state index contributed by atoms with van der Waals surface area (Å²) in [6.45, 7) is 4.30. The van der Waals surface area contributed by atoms with Crippen LogP contribution in [0.3, 0.4) is 0 Å². The van der Waals surface area contributed by atoms with E-state index < -0.39 is 15.4 Å². The first-order chi connectivity index (χ1) is 14.3. The predicted octanol–water partition coefficient (Wildman–Crippen LogP) is 4.73. The Morgan fingerprint density at radius 1 is 0.867 bits per heavy atom. The Hall–Kier alpha value is -2.76. The molecule has 0 unspecified atom stereocenters. The molecule has 0 fully saturated rings. The van der Waals surface area contributed by atoms with E-state index in [1.165, 1.54) is 4.31 Å². The Bertz CT molecular complexity index is 1060. The lowest BCUT2D eigenvalue weighted by molar-refractivity contribution is -0.108. The molecule has 0 heterocycles. The maximum atomic E-state index is 13.6. The third-order valence-corrected chi connectivity index (χ3v) is 7.20. The molecule has 0 aliphatic carbocycles. The molecular formula is C25H27NO3S. The van der Waals surface area contributed by atoms with E-state index in [9.17, 15) is 13.2 Å². The highest BCUT2D eigenvalue weighted by Gasteiger charge is 2.34. The maximum absolute atomic E-state index is 13.6. The number of carbonyl (C=O) groups excluding carboxylic acids is 1. The second-order valence-electron chi connectivity index (χ2n) is 7.87. The molecule has 0 saturated carbocycles. The van der Waals surface area contributed by atoms with Gasteiger partial charge in [-0.2, -0.15) is 4.31 Å². The number of rotatable bonds is 9. The van der Waals surface area contributed by atoms with Crippen LogP contribution in [0.4, 0.5) is 0 Å². The molecule has 3 aromatic rings. The number of benzene rings is 3. The third kappa shape index (κ3) is 5.04. The van der Waals surface area contributed by atoms with Gasteiger partial charge in [0.1, 0.15) is 6.29 Å². The average molecular weight is 422 g/mol. The summed E-state index contributed by atoms with van der Waals surface area (Å²) in [5.41, 5.74) is 2.19. The van der Waals surface area contributed by atoms with Gasteiger partial charge in [-0.25, -0.2) is 8.42 Å². The van der Waals surface area contributed by atoms with Crippen LogP contribution in [0, 0.1) is 6.92 Å². The summed E-state index contributed by atoms with van der Waals surface area (Å²) in [5.74, 6) is 0. The smallest absolute Gasteiger partial charge is 0.243 e. The van der Waals surface area contributed by atoms with Crippen molar-refractivity contribution >= 4 is 16.3 Å². The molecule has 4 nitrogen and oxygen atoms in total. The van der Waals surface area contributed by atoms with E-state index in [-0.39, 0.29) is 24.4 Å². The molecule has 0 N–H and O–H groups in total. The average Bonchev–Trinajstić information content (AvgIpc) is 2.75. The molecule has 5 heteroatoms. The molecule has 0 saturated heterocycles. The summed E-state index contributed by atoms with van der Waals surface area (Å²) >= 11 is 0. The largest absolute Gasteiger partial charge is 0.303 e. The van der Waals surface area contributed by atoms with Crippen LogP contribution < -0.4 is 0 Å². The van der Waals surface area contributed by atoms with Crippen molar-refractivity contribution in [2.75, 3.05) is 6.54 Å². The number of hydrogen-bond donors (Lipinski definition) is 0. The van der Waals surface area contributed by atoms with Gasteiger partial charge in [0.05, 0.1) is 4.90 Å². The lowest BCUT2D eigenvalue weighted by atomic mass is 9.80. The van der Waals surface area contributed by atoms with Crippen molar-refractivity contribution in [2.24, 2.45) is 0 Å². The summed E-state index contributed by atoms with van der Waals surface area (Å²) in [7, 11) is -3.76. The van der Waals surface area contributed by atoms with Crippen molar-refractivity contribution in [3.05, 3.63) is 102 Å². The lowest BCUT2D eigenvalue weighted by Crippen LogP contribution is -2.42. The van der Waals surface area contributed by atoms with E-state index in [1.54, 1.807) is 24.3 Å². The van der Waals surface area contributed by atoms with Gasteiger partial charge in [-0.15, -0.1) is 0 Å². The molecule has 0 radical (unpaired) electrons. The van der Waals surface area contributed by atoms with E-state index in [4.69, 9.17) is 0 Å². The zero-order chi connectivity index (χ0) is 21.6. The summed E-state index contributed by atoms with van der Waals surface area (Å²) in [4.78, 5) is 11.8. The standard InChI is InChI=1S/C25H27NO3S/c1-21-13-15-24(16-14-21)30(28,29)26(19-22-9-5-3-6-10-22)20-25(2,17-18-27)23-11-7-4-8-12-23/h3-16,18H,17,19-20H2,1-2H3/t25-/m1/s1. The SMILES string of the molecule is Cc1ccc(S(=O)(=O)N(Cc2ccccc2)C[C@@](C)(CC=O)c2ccccc2)cc1. The summed E-state index contributed by atoms with van der Waals surface area (Å²) in [6.07, 6.45) is 1.10. The lowest BCUT2D eigenvalue weighted by Gasteiger charge is -2.34. The number of carbonyl (C=O) groups is 1. The van der Waals surface area contributed by atoms with Crippen molar-refractivity contribution in [3.8, 4) is 0 Å². The van der Waals surface area contributed by atoms with Gasteiger partial charge in [-0.05, 0) is 30.2 Å². The minimum Gasteiger partial charge on any atom is -0.303 e. The summed E-state index contributed by atoms with van der Waals surface area (Å²) in [6, 6.07) is 26.0. The van der Waals surface area contributed by atoms with Crippen molar-refractivity contribution in [1.82, 2.24) is 4.31 Å². The molecule has 0 bridgehead atoms. The van der Waals surface area contributed by atoms with E-state index in [2.05, 4.69) is 0 Å². The molecule has 3 aromatic carbocycles. The van der Waals surface area contributed by atoms with Crippen molar-refractivity contribution in [2.45, 2.75) is 37.1 Å². The highest BCUT2D eigenvalue weighted by molar-refractivity contribution is 7.89. The fourth-order valence-corrected chi connectivity index (χ4v) is 5.11. The normalized spacial score (nSPS) is 13.7. The molecule has 0 amide bonds. The Labute approximate surface area is 179 Å². The van der Waals surface area contributed by atoms with Crippen LogP contribution in [0.25, 0.3) is 0 Å².